The van der Waals surface area contributed by atoms with Crippen LogP contribution in [0.5, 0.6) is 0 Å². The molecular weight excluding hydrogens is 162 g/mol. The zero-order chi connectivity index (χ0) is 9.47. The molecule has 1 saturated carbocycles. The van der Waals surface area contributed by atoms with Crippen molar-refractivity contribution in [3.05, 3.63) is 23.8 Å². The van der Waals surface area contributed by atoms with Gasteiger partial charge in [0.2, 0.25) is 0 Å². The number of nitrogens with zero attached hydrogens (tertiary/aromatic N) is 2. The lowest BCUT2D eigenvalue weighted by Crippen LogP contribution is -2.23. The highest BCUT2D eigenvalue weighted by Crippen LogP contribution is 2.50. The van der Waals surface area contributed by atoms with Gasteiger partial charge < -0.3 is 5.73 Å². The summed E-state index contributed by atoms with van der Waals surface area (Å²) in [6.45, 7) is 4.07. The van der Waals surface area contributed by atoms with Crippen LogP contribution in [0.4, 0.5) is 0 Å². The van der Waals surface area contributed by atoms with E-state index >= 15 is 0 Å². The molecule has 0 spiro atoms. The van der Waals surface area contributed by atoms with Crippen LogP contribution in [0.1, 0.15) is 31.3 Å². The van der Waals surface area contributed by atoms with Crippen LogP contribution in [0.15, 0.2) is 12.3 Å². The van der Waals surface area contributed by atoms with Gasteiger partial charge in [0.15, 0.2) is 0 Å². The summed E-state index contributed by atoms with van der Waals surface area (Å²) in [4.78, 5) is 8.43. The number of rotatable bonds is 2. The average molecular weight is 177 g/mol. The van der Waals surface area contributed by atoms with Crippen molar-refractivity contribution in [2.24, 2.45) is 11.7 Å². The average Bonchev–Trinajstić information content (AvgIpc) is 2.79. The molecule has 1 aromatic heterocycles. The highest BCUT2D eigenvalue weighted by Gasteiger charge is 2.52. The SMILES string of the molecule is CCC1CC1(N)c1ccnc(C)n1. The van der Waals surface area contributed by atoms with Crippen molar-refractivity contribution in [1.82, 2.24) is 9.97 Å². The minimum absolute atomic E-state index is 0.150. The van der Waals surface area contributed by atoms with E-state index in [9.17, 15) is 0 Å². The second-order valence-electron chi connectivity index (χ2n) is 3.84. The summed E-state index contributed by atoms with van der Waals surface area (Å²) < 4.78 is 0. The fraction of sp³-hybridized carbons (Fsp3) is 0.600. The molecule has 70 valence electrons. The maximum atomic E-state index is 6.20. The monoisotopic (exact) mass is 177 g/mol. The molecule has 13 heavy (non-hydrogen) atoms. The van der Waals surface area contributed by atoms with E-state index in [0.717, 1.165) is 24.4 Å². The Morgan fingerprint density at radius 2 is 2.46 bits per heavy atom. The standard InChI is InChI=1S/C10H15N3/c1-3-8-6-10(8,11)9-4-5-12-7(2)13-9/h4-5,8H,3,6,11H2,1-2H3. The van der Waals surface area contributed by atoms with Gasteiger partial charge in [0.25, 0.3) is 0 Å². The lowest BCUT2D eigenvalue weighted by molar-refractivity contribution is 0.594. The van der Waals surface area contributed by atoms with Crippen molar-refractivity contribution < 1.29 is 0 Å². The Morgan fingerprint density at radius 1 is 1.69 bits per heavy atom. The highest BCUT2D eigenvalue weighted by molar-refractivity contribution is 5.24. The van der Waals surface area contributed by atoms with Crippen molar-refractivity contribution in [1.29, 1.82) is 0 Å². The number of aryl methyl sites for hydroxylation is 1. The Balaban J connectivity index is 2.27. The van der Waals surface area contributed by atoms with E-state index in [0.29, 0.717) is 5.92 Å². The van der Waals surface area contributed by atoms with Crippen LogP contribution >= 0.6 is 0 Å². The summed E-state index contributed by atoms with van der Waals surface area (Å²) in [6.07, 6.45) is 4.00. The molecule has 0 bridgehead atoms. The lowest BCUT2D eigenvalue weighted by Gasteiger charge is -2.09. The van der Waals surface area contributed by atoms with Crippen molar-refractivity contribution in [3.63, 3.8) is 0 Å². The van der Waals surface area contributed by atoms with Gasteiger partial charge in [0, 0.05) is 6.20 Å². The Labute approximate surface area is 78.4 Å². The van der Waals surface area contributed by atoms with Gasteiger partial charge in [-0.3, -0.25) is 0 Å². The maximum absolute atomic E-state index is 6.20. The van der Waals surface area contributed by atoms with Gasteiger partial charge in [-0.05, 0) is 25.3 Å². The van der Waals surface area contributed by atoms with E-state index in [1.807, 2.05) is 13.0 Å². The van der Waals surface area contributed by atoms with Crippen molar-refractivity contribution >= 4 is 0 Å². The first kappa shape index (κ1) is 8.63. The van der Waals surface area contributed by atoms with Crippen LogP contribution in [0, 0.1) is 12.8 Å². The molecule has 2 atom stereocenters. The van der Waals surface area contributed by atoms with Gasteiger partial charge in [-0.25, -0.2) is 9.97 Å². The fourth-order valence-corrected chi connectivity index (χ4v) is 1.89. The minimum atomic E-state index is -0.150. The highest BCUT2D eigenvalue weighted by atomic mass is 15.0. The zero-order valence-corrected chi connectivity index (χ0v) is 8.12. The van der Waals surface area contributed by atoms with Crippen LogP contribution in [-0.4, -0.2) is 9.97 Å². The minimum Gasteiger partial charge on any atom is -0.320 e. The Bertz CT molecular complexity index is 324. The molecule has 0 saturated heterocycles. The van der Waals surface area contributed by atoms with Gasteiger partial charge >= 0.3 is 0 Å². The second kappa shape index (κ2) is 2.77. The normalized spacial score (nSPS) is 31.8. The predicted octanol–water partition coefficient (Wildman–Crippen LogP) is 1.37. The molecule has 1 aromatic rings. The first-order chi connectivity index (χ1) is 6.16. The molecule has 0 aromatic carbocycles. The molecule has 3 nitrogen and oxygen atoms in total. The molecule has 2 N–H and O–H groups in total. The van der Waals surface area contributed by atoms with Gasteiger partial charge in [-0.1, -0.05) is 13.3 Å². The van der Waals surface area contributed by atoms with Gasteiger partial charge in [0.05, 0.1) is 11.2 Å². The summed E-state index contributed by atoms with van der Waals surface area (Å²) in [7, 11) is 0. The molecule has 1 fully saturated rings. The largest absolute Gasteiger partial charge is 0.320 e. The molecule has 0 amide bonds. The van der Waals surface area contributed by atoms with E-state index in [-0.39, 0.29) is 5.54 Å². The third-order valence-corrected chi connectivity index (χ3v) is 2.90. The molecule has 2 rings (SSSR count). The topological polar surface area (TPSA) is 51.8 Å². The third kappa shape index (κ3) is 1.33. The van der Waals surface area contributed by atoms with E-state index in [1.54, 1.807) is 6.20 Å². The van der Waals surface area contributed by atoms with Gasteiger partial charge in [-0.15, -0.1) is 0 Å². The van der Waals surface area contributed by atoms with Gasteiger partial charge in [-0.2, -0.15) is 0 Å². The zero-order valence-electron chi connectivity index (χ0n) is 8.12. The van der Waals surface area contributed by atoms with Crippen LogP contribution in [0.25, 0.3) is 0 Å². The Hall–Kier alpha value is -0.960. The number of aromatic nitrogens is 2. The second-order valence-corrected chi connectivity index (χ2v) is 3.84. The summed E-state index contributed by atoms with van der Waals surface area (Å²) in [5.74, 6) is 1.42. The van der Waals surface area contributed by atoms with Gasteiger partial charge in [0.1, 0.15) is 5.82 Å². The molecule has 1 heterocycles. The summed E-state index contributed by atoms with van der Waals surface area (Å²) in [6, 6.07) is 1.93. The quantitative estimate of drug-likeness (QED) is 0.742. The summed E-state index contributed by atoms with van der Waals surface area (Å²) >= 11 is 0. The van der Waals surface area contributed by atoms with Crippen molar-refractivity contribution in [2.75, 3.05) is 0 Å². The first-order valence-electron chi connectivity index (χ1n) is 4.76. The van der Waals surface area contributed by atoms with Crippen LogP contribution in [-0.2, 0) is 5.54 Å². The first-order valence-corrected chi connectivity index (χ1v) is 4.76. The lowest BCUT2D eigenvalue weighted by atomic mass is 10.1. The molecular formula is C10H15N3. The number of hydrogen-bond donors (Lipinski definition) is 1. The smallest absolute Gasteiger partial charge is 0.125 e. The van der Waals surface area contributed by atoms with E-state index in [1.165, 1.54) is 0 Å². The Morgan fingerprint density at radius 3 is 3.00 bits per heavy atom. The summed E-state index contributed by atoms with van der Waals surface area (Å²) in [5, 5.41) is 0. The van der Waals surface area contributed by atoms with E-state index in [2.05, 4.69) is 16.9 Å². The molecule has 1 aliphatic rings. The third-order valence-electron chi connectivity index (χ3n) is 2.90. The molecule has 0 radical (unpaired) electrons. The predicted molar refractivity (Wildman–Crippen MR) is 51.0 cm³/mol. The number of hydrogen-bond acceptors (Lipinski definition) is 3. The number of nitrogens with two attached hydrogens (primary N) is 1. The fourth-order valence-electron chi connectivity index (χ4n) is 1.89. The van der Waals surface area contributed by atoms with Crippen molar-refractivity contribution in [2.45, 2.75) is 32.2 Å². The Kier molecular flexibility index (Phi) is 1.84. The molecule has 1 aliphatic carbocycles. The van der Waals surface area contributed by atoms with Crippen LogP contribution in [0.2, 0.25) is 0 Å². The van der Waals surface area contributed by atoms with Crippen LogP contribution < -0.4 is 5.73 Å². The molecule has 3 heteroatoms. The van der Waals surface area contributed by atoms with E-state index < -0.39 is 0 Å². The maximum Gasteiger partial charge on any atom is 0.125 e. The molecule has 2 unspecified atom stereocenters. The molecule has 0 aliphatic heterocycles. The van der Waals surface area contributed by atoms with E-state index in [4.69, 9.17) is 5.73 Å². The van der Waals surface area contributed by atoms with Crippen LogP contribution in [0.3, 0.4) is 0 Å². The summed E-state index contributed by atoms with van der Waals surface area (Å²) in [5.41, 5.74) is 7.06. The van der Waals surface area contributed by atoms with Crippen molar-refractivity contribution in [3.8, 4) is 0 Å².